The molecule has 1 fully saturated rings. The zero-order valence-electron chi connectivity index (χ0n) is 18.0. The molecule has 1 aliphatic carbocycles. The first-order chi connectivity index (χ1) is 14.3. The number of hydrogen-bond donors (Lipinski definition) is 1. The molecule has 7 nitrogen and oxygen atoms in total. The highest BCUT2D eigenvalue weighted by Gasteiger charge is 2.36. The Hall–Kier alpha value is -2.96. The highest BCUT2D eigenvalue weighted by atomic mass is 16.5. The lowest BCUT2D eigenvalue weighted by Crippen LogP contribution is -2.47. The van der Waals surface area contributed by atoms with Crippen molar-refractivity contribution in [3.63, 3.8) is 0 Å². The number of nitrogens with one attached hydrogen (secondary N) is 1. The quantitative estimate of drug-likeness (QED) is 0.529. The van der Waals surface area contributed by atoms with Crippen LogP contribution in [0.3, 0.4) is 0 Å². The fourth-order valence-electron chi connectivity index (χ4n) is 3.84. The van der Waals surface area contributed by atoms with Crippen molar-refractivity contribution in [2.24, 2.45) is 5.92 Å². The number of nitrogens with zero attached hydrogens (tertiary/aromatic N) is 2. The van der Waals surface area contributed by atoms with Gasteiger partial charge in [0.1, 0.15) is 5.69 Å². The molecule has 1 N–H and O–H groups in total. The first-order valence-electron chi connectivity index (χ1n) is 10.5. The summed E-state index contributed by atoms with van der Waals surface area (Å²) in [6.45, 7) is 7.50. The van der Waals surface area contributed by atoms with Crippen molar-refractivity contribution in [1.82, 2.24) is 14.9 Å². The normalized spacial score (nSPS) is 14.7. The minimum absolute atomic E-state index is 0.00999. The number of rotatable bonds is 8. The predicted molar refractivity (Wildman–Crippen MR) is 112 cm³/mol. The Bertz CT molecular complexity index is 931. The van der Waals surface area contributed by atoms with E-state index in [9.17, 15) is 14.4 Å². The van der Waals surface area contributed by atoms with Crippen LogP contribution in [0.15, 0.2) is 24.4 Å². The van der Waals surface area contributed by atoms with Gasteiger partial charge in [-0.25, -0.2) is 4.79 Å². The number of carbonyl (C=O) groups is 3. The third-order valence-corrected chi connectivity index (χ3v) is 5.81. The Labute approximate surface area is 176 Å². The maximum absolute atomic E-state index is 13.5. The van der Waals surface area contributed by atoms with Crippen LogP contribution < -0.4 is 0 Å². The molecule has 0 saturated heterocycles. The number of amides is 1. The summed E-state index contributed by atoms with van der Waals surface area (Å²) >= 11 is 0. The number of esters is 1. The van der Waals surface area contributed by atoms with Gasteiger partial charge >= 0.3 is 5.97 Å². The number of hydrogen-bond acceptors (Lipinski definition) is 5. The Morgan fingerprint density at radius 2 is 2.00 bits per heavy atom. The van der Waals surface area contributed by atoms with Crippen LogP contribution in [0.4, 0.5) is 0 Å². The largest absolute Gasteiger partial charge is 0.461 e. The van der Waals surface area contributed by atoms with Crippen LogP contribution in [0.1, 0.15) is 70.9 Å². The molecule has 3 rings (SSSR count). The molecule has 2 aromatic rings. The summed E-state index contributed by atoms with van der Waals surface area (Å²) in [5.41, 5.74) is 2.61. The number of ketones is 1. The van der Waals surface area contributed by atoms with E-state index >= 15 is 0 Å². The summed E-state index contributed by atoms with van der Waals surface area (Å²) in [7, 11) is 0. The summed E-state index contributed by atoms with van der Waals surface area (Å²) < 4.78 is 5.08. The van der Waals surface area contributed by atoms with E-state index in [1.54, 1.807) is 38.8 Å². The number of pyridine rings is 1. The fourth-order valence-corrected chi connectivity index (χ4v) is 3.84. The van der Waals surface area contributed by atoms with Gasteiger partial charge in [0.25, 0.3) is 0 Å². The molecule has 1 aliphatic rings. The van der Waals surface area contributed by atoms with Gasteiger partial charge in [0.05, 0.1) is 24.9 Å². The smallest absolute Gasteiger partial charge is 0.355 e. The minimum Gasteiger partial charge on any atom is -0.461 e. The molecular formula is C23H29N3O4. The third kappa shape index (κ3) is 4.30. The topological polar surface area (TPSA) is 92.4 Å². The third-order valence-electron chi connectivity index (χ3n) is 5.81. The van der Waals surface area contributed by atoms with Crippen molar-refractivity contribution < 1.29 is 19.1 Å². The summed E-state index contributed by atoms with van der Waals surface area (Å²) in [4.78, 5) is 47.7. The van der Waals surface area contributed by atoms with Crippen molar-refractivity contribution in [3.05, 3.63) is 52.6 Å². The number of aromatic nitrogens is 2. The van der Waals surface area contributed by atoms with Gasteiger partial charge in [0, 0.05) is 23.4 Å². The van der Waals surface area contributed by atoms with Crippen LogP contribution in [0, 0.1) is 19.8 Å². The van der Waals surface area contributed by atoms with Gasteiger partial charge in [-0.05, 0) is 58.2 Å². The average molecular weight is 412 g/mol. The summed E-state index contributed by atoms with van der Waals surface area (Å²) in [5, 5.41) is 0. The van der Waals surface area contributed by atoms with Gasteiger partial charge in [-0.2, -0.15) is 0 Å². The maximum atomic E-state index is 13.5. The molecule has 30 heavy (non-hydrogen) atoms. The van der Waals surface area contributed by atoms with Gasteiger partial charge in [-0.1, -0.05) is 12.5 Å². The van der Waals surface area contributed by atoms with E-state index in [0.29, 0.717) is 16.8 Å². The molecule has 0 aromatic carbocycles. The fraction of sp³-hybridized carbons (Fsp3) is 0.478. The summed E-state index contributed by atoms with van der Waals surface area (Å²) in [5.74, 6) is -0.724. The molecule has 160 valence electrons. The van der Waals surface area contributed by atoms with Gasteiger partial charge in [-0.15, -0.1) is 0 Å². The van der Waals surface area contributed by atoms with E-state index in [2.05, 4.69) is 9.97 Å². The Balaban J connectivity index is 1.90. The molecule has 2 heterocycles. The first-order valence-corrected chi connectivity index (χ1v) is 10.5. The van der Waals surface area contributed by atoms with Crippen LogP contribution in [-0.2, 0) is 16.1 Å². The maximum Gasteiger partial charge on any atom is 0.355 e. The molecule has 0 spiro atoms. The summed E-state index contributed by atoms with van der Waals surface area (Å²) in [6.07, 6.45) is 4.43. The van der Waals surface area contributed by atoms with Crippen LogP contribution in [0.2, 0.25) is 0 Å². The minimum atomic E-state index is -0.677. The SMILES string of the molecule is CCOC(=O)c1[nH]c(C)c(C(=O)[C@@H](C)N(Cc2ccccn2)C(=O)C2CCC2)c1C. The lowest BCUT2D eigenvalue weighted by Gasteiger charge is -2.35. The van der Waals surface area contributed by atoms with Gasteiger partial charge in [0.2, 0.25) is 5.91 Å². The van der Waals surface area contributed by atoms with Crippen molar-refractivity contribution >= 4 is 17.7 Å². The van der Waals surface area contributed by atoms with Crippen LogP contribution in [0.25, 0.3) is 0 Å². The number of Topliss-reactive ketones (excluding diaryl/α,β-unsaturated/α-hetero) is 1. The lowest BCUT2D eigenvalue weighted by molar-refractivity contribution is -0.140. The number of carbonyl (C=O) groups excluding carboxylic acids is 3. The molecule has 0 unspecified atom stereocenters. The summed E-state index contributed by atoms with van der Waals surface area (Å²) in [6, 6.07) is 4.86. The highest BCUT2D eigenvalue weighted by Crippen LogP contribution is 2.30. The van der Waals surface area contributed by atoms with Gasteiger partial charge in [0.15, 0.2) is 5.78 Å². The zero-order valence-corrected chi connectivity index (χ0v) is 18.0. The van der Waals surface area contributed by atoms with Crippen molar-refractivity contribution in [1.29, 1.82) is 0 Å². The van der Waals surface area contributed by atoms with E-state index in [0.717, 1.165) is 25.0 Å². The van der Waals surface area contributed by atoms with E-state index in [4.69, 9.17) is 4.74 Å². The molecule has 1 atom stereocenters. The van der Waals surface area contributed by atoms with Crippen molar-refractivity contribution in [2.45, 2.75) is 59.5 Å². The van der Waals surface area contributed by atoms with E-state index in [1.165, 1.54) is 0 Å². The Morgan fingerprint density at radius 3 is 2.57 bits per heavy atom. The second kappa shape index (κ2) is 9.24. The molecule has 1 saturated carbocycles. The van der Waals surface area contributed by atoms with Crippen molar-refractivity contribution in [2.75, 3.05) is 6.61 Å². The molecular weight excluding hydrogens is 382 g/mol. The second-order valence-corrected chi connectivity index (χ2v) is 7.80. The Morgan fingerprint density at radius 1 is 1.27 bits per heavy atom. The monoisotopic (exact) mass is 411 g/mol. The van der Waals surface area contributed by atoms with Crippen LogP contribution in [-0.4, -0.2) is 45.2 Å². The Kier molecular flexibility index (Phi) is 6.70. The number of aryl methyl sites for hydroxylation is 1. The molecule has 2 aromatic heterocycles. The standard InChI is InChI=1S/C23H29N3O4/c1-5-30-23(29)20-14(2)19(15(3)25-20)21(27)16(4)26(22(28)17-9-8-10-17)13-18-11-6-7-12-24-18/h6-7,11-12,16-17,25H,5,8-10,13H2,1-4H3/t16-/m1/s1. The van der Waals surface area contributed by atoms with E-state index < -0.39 is 12.0 Å². The van der Waals surface area contributed by atoms with Crippen molar-refractivity contribution in [3.8, 4) is 0 Å². The zero-order chi connectivity index (χ0) is 21.8. The second-order valence-electron chi connectivity index (χ2n) is 7.80. The predicted octanol–water partition coefficient (Wildman–Crippen LogP) is 3.60. The van der Waals surface area contributed by atoms with E-state index in [-0.39, 0.29) is 36.5 Å². The lowest BCUT2D eigenvalue weighted by atomic mass is 9.83. The molecule has 7 heteroatoms. The number of ether oxygens (including phenoxy) is 1. The van der Waals surface area contributed by atoms with E-state index in [1.807, 2.05) is 18.2 Å². The number of aromatic amines is 1. The van der Waals surface area contributed by atoms with Crippen LogP contribution in [0.5, 0.6) is 0 Å². The van der Waals surface area contributed by atoms with Gasteiger partial charge < -0.3 is 14.6 Å². The molecule has 0 radical (unpaired) electrons. The molecule has 0 bridgehead atoms. The number of H-pyrrole nitrogens is 1. The first kappa shape index (κ1) is 21.7. The average Bonchev–Trinajstić information content (AvgIpc) is 2.99. The highest BCUT2D eigenvalue weighted by molar-refractivity contribution is 6.06. The molecule has 0 aliphatic heterocycles. The molecule has 1 amide bonds. The van der Waals surface area contributed by atoms with Gasteiger partial charge in [-0.3, -0.25) is 14.6 Å². The van der Waals surface area contributed by atoms with Crippen LogP contribution >= 0.6 is 0 Å².